The molecular formula is C40H43Cl4N7O7. The minimum Gasteiger partial charge on any atom is -0.476 e. The van der Waals surface area contributed by atoms with Crippen molar-refractivity contribution in [1.82, 2.24) is 34.3 Å². The van der Waals surface area contributed by atoms with E-state index in [1.54, 1.807) is 46.0 Å². The lowest BCUT2D eigenvalue weighted by atomic mass is 9.84. The molecule has 0 radical (unpaired) electrons. The summed E-state index contributed by atoms with van der Waals surface area (Å²) in [6.07, 6.45) is 7.29. The summed E-state index contributed by atoms with van der Waals surface area (Å²) in [5.74, 6) is -1.05. The number of ether oxygens (including phenoxy) is 2. The normalized spacial score (nSPS) is 18.8. The molecule has 0 unspecified atom stereocenters. The van der Waals surface area contributed by atoms with E-state index in [4.69, 9.17) is 61.0 Å². The van der Waals surface area contributed by atoms with E-state index in [0.29, 0.717) is 88.3 Å². The molecule has 58 heavy (non-hydrogen) atoms. The number of hydrogen-bond acceptors (Lipinski definition) is 8. The van der Waals surface area contributed by atoms with Gasteiger partial charge in [-0.2, -0.15) is 10.2 Å². The number of amides is 3. The molecule has 0 saturated carbocycles. The van der Waals surface area contributed by atoms with Gasteiger partial charge < -0.3 is 29.3 Å². The first-order valence-corrected chi connectivity index (χ1v) is 20.8. The third-order valence-corrected chi connectivity index (χ3v) is 11.6. The molecule has 0 aliphatic carbocycles. The van der Waals surface area contributed by atoms with E-state index in [0.717, 1.165) is 43.4 Å². The molecule has 8 rings (SSSR count). The standard InChI is InChI=1S/C24H28Cl2N4O3.C16H15Cl2N3O4/c25-17-10-16(11-18(26)12-17)15-33-24(32)28-8-3-9-29-21(14-28)13-22(27-29)23(31)30-19-4-1-5-20(30)7-2-6-19;17-11-4-10(5-12(18)6-11)9-25-16(24)20-2-1-3-21-13(8-20)7-14(19-21)15(22)23/h10-13,19-20H,1-9,14-15H2;4-7H,1-3,8-9H2,(H,22,23). The zero-order chi connectivity index (χ0) is 40.9. The second kappa shape index (κ2) is 18.6. The second-order valence-corrected chi connectivity index (χ2v) is 16.6. The summed E-state index contributed by atoms with van der Waals surface area (Å²) in [5.41, 5.74) is 3.42. The number of nitrogens with zero attached hydrogens (tertiary/aromatic N) is 7. The Bertz CT molecular complexity index is 2120. The Morgan fingerprint density at radius 3 is 1.43 bits per heavy atom. The van der Waals surface area contributed by atoms with Crippen LogP contribution in [0.1, 0.15) is 94.9 Å². The topological polar surface area (TPSA) is 152 Å². The van der Waals surface area contributed by atoms with Gasteiger partial charge in [0.1, 0.15) is 13.2 Å². The molecule has 6 heterocycles. The third kappa shape index (κ3) is 10.2. The number of rotatable bonds is 6. The van der Waals surface area contributed by atoms with Crippen LogP contribution in [0.3, 0.4) is 0 Å². The summed E-state index contributed by atoms with van der Waals surface area (Å²) in [5, 5.41) is 19.6. The van der Waals surface area contributed by atoms with Crippen LogP contribution in [-0.4, -0.2) is 88.6 Å². The maximum absolute atomic E-state index is 13.4. The first-order chi connectivity index (χ1) is 27.9. The number of fused-ring (bicyclic) bond motifs is 4. The minimum atomic E-state index is -1.09. The number of aryl methyl sites for hydroxylation is 2. The van der Waals surface area contributed by atoms with Gasteiger partial charge in [-0.15, -0.1) is 0 Å². The quantitative estimate of drug-likeness (QED) is 0.201. The molecule has 2 saturated heterocycles. The van der Waals surface area contributed by atoms with Crippen molar-refractivity contribution in [2.24, 2.45) is 0 Å². The number of carbonyl (C=O) groups is 4. The van der Waals surface area contributed by atoms with Crippen LogP contribution in [0.25, 0.3) is 0 Å². The highest BCUT2D eigenvalue weighted by atomic mass is 35.5. The summed E-state index contributed by atoms with van der Waals surface area (Å²) in [6.45, 7) is 3.04. The summed E-state index contributed by atoms with van der Waals surface area (Å²) < 4.78 is 14.3. The number of carboxylic acid groups (broad SMARTS) is 1. The van der Waals surface area contributed by atoms with Crippen LogP contribution in [-0.2, 0) is 48.9 Å². The lowest BCUT2D eigenvalue weighted by Gasteiger charge is -2.45. The van der Waals surface area contributed by atoms with Crippen molar-refractivity contribution in [3.05, 3.63) is 103 Å². The van der Waals surface area contributed by atoms with E-state index in [1.807, 2.05) is 10.7 Å². The highest BCUT2D eigenvalue weighted by Gasteiger charge is 2.38. The van der Waals surface area contributed by atoms with Crippen molar-refractivity contribution in [1.29, 1.82) is 0 Å². The first kappa shape index (κ1) is 41.7. The van der Waals surface area contributed by atoms with E-state index >= 15 is 0 Å². The van der Waals surface area contributed by atoms with Gasteiger partial charge in [0.2, 0.25) is 0 Å². The average Bonchev–Trinajstić information content (AvgIpc) is 3.64. The van der Waals surface area contributed by atoms with Crippen LogP contribution in [0, 0.1) is 0 Å². The Morgan fingerprint density at radius 2 is 1.00 bits per heavy atom. The molecular weight excluding hydrogens is 832 g/mol. The number of benzene rings is 2. The minimum absolute atomic E-state index is 0.0289. The number of carbonyl (C=O) groups excluding carboxylic acids is 3. The van der Waals surface area contributed by atoms with Crippen molar-refractivity contribution >= 4 is 70.5 Å². The van der Waals surface area contributed by atoms with Crippen LogP contribution in [0.15, 0.2) is 48.5 Å². The van der Waals surface area contributed by atoms with Gasteiger partial charge in [-0.3, -0.25) is 14.2 Å². The monoisotopic (exact) mass is 873 g/mol. The number of aromatic nitrogens is 4. The number of piperidine rings is 2. The molecule has 0 spiro atoms. The SMILES string of the molecule is O=C(O)c1cc2n(n1)CCCN(C(=O)OCc1cc(Cl)cc(Cl)c1)C2.O=C(OCc1cc(Cl)cc(Cl)c1)N1CCCn2nc(C(=O)N3C4CCCC3CCC4)cc2C1. The zero-order valence-electron chi connectivity index (χ0n) is 31.6. The van der Waals surface area contributed by atoms with Crippen molar-refractivity contribution in [2.75, 3.05) is 13.1 Å². The van der Waals surface area contributed by atoms with Crippen LogP contribution < -0.4 is 0 Å². The van der Waals surface area contributed by atoms with E-state index in [2.05, 4.69) is 15.1 Å². The predicted molar refractivity (Wildman–Crippen MR) is 216 cm³/mol. The maximum Gasteiger partial charge on any atom is 0.410 e. The highest BCUT2D eigenvalue weighted by Crippen LogP contribution is 2.35. The molecule has 4 aliphatic heterocycles. The van der Waals surface area contributed by atoms with Gasteiger partial charge in [0.25, 0.3) is 5.91 Å². The summed E-state index contributed by atoms with van der Waals surface area (Å²) >= 11 is 23.9. The second-order valence-electron chi connectivity index (χ2n) is 14.9. The highest BCUT2D eigenvalue weighted by molar-refractivity contribution is 6.35. The molecule has 4 aliphatic rings. The van der Waals surface area contributed by atoms with Gasteiger partial charge in [-0.25, -0.2) is 14.4 Å². The van der Waals surface area contributed by atoms with Gasteiger partial charge in [0, 0.05) is 58.4 Å². The number of carboxylic acids is 1. The van der Waals surface area contributed by atoms with Crippen LogP contribution in [0.5, 0.6) is 0 Å². The van der Waals surface area contributed by atoms with Crippen LogP contribution in [0.4, 0.5) is 9.59 Å². The Hall–Kier alpha value is -4.50. The number of hydrogen-bond donors (Lipinski definition) is 1. The molecule has 2 aromatic carbocycles. The molecule has 3 amide bonds. The zero-order valence-corrected chi connectivity index (χ0v) is 34.6. The van der Waals surface area contributed by atoms with E-state index in [9.17, 15) is 19.2 Å². The Labute approximate surface area is 355 Å². The Morgan fingerprint density at radius 1 is 0.586 bits per heavy atom. The van der Waals surface area contributed by atoms with Crippen molar-refractivity contribution in [2.45, 2.75) is 103 Å². The van der Waals surface area contributed by atoms with Crippen LogP contribution in [0.2, 0.25) is 20.1 Å². The smallest absolute Gasteiger partial charge is 0.410 e. The van der Waals surface area contributed by atoms with E-state index in [1.165, 1.54) is 23.8 Å². The fourth-order valence-corrected chi connectivity index (χ4v) is 9.23. The molecule has 308 valence electrons. The molecule has 2 aromatic heterocycles. The molecule has 14 nitrogen and oxygen atoms in total. The molecule has 2 bridgehead atoms. The van der Waals surface area contributed by atoms with Gasteiger partial charge >= 0.3 is 18.2 Å². The number of aromatic carboxylic acids is 1. The molecule has 1 N–H and O–H groups in total. The van der Waals surface area contributed by atoms with Gasteiger partial charge in [-0.05, 0) is 111 Å². The molecule has 0 atom stereocenters. The van der Waals surface area contributed by atoms with E-state index < -0.39 is 18.2 Å². The fourth-order valence-electron chi connectivity index (χ4n) is 8.09. The fraction of sp³-hybridized carbons (Fsp3) is 0.450. The van der Waals surface area contributed by atoms with E-state index in [-0.39, 0.29) is 31.4 Å². The van der Waals surface area contributed by atoms with Crippen molar-refractivity contribution in [3.8, 4) is 0 Å². The molecule has 2 fully saturated rings. The largest absolute Gasteiger partial charge is 0.476 e. The van der Waals surface area contributed by atoms with Gasteiger partial charge in [0.05, 0.1) is 24.5 Å². The Balaban J connectivity index is 0.000000184. The van der Waals surface area contributed by atoms with Crippen molar-refractivity contribution in [3.63, 3.8) is 0 Å². The van der Waals surface area contributed by atoms with Crippen molar-refractivity contribution < 1.29 is 33.8 Å². The van der Waals surface area contributed by atoms with Gasteiger partial charge in [-0.1, -0.05) is 46.4 Å². The summed E-state index contributed by atoms with van der Waals surface area (Å²) in [4.78, 5) is 54.8. The first-order valence-electron chi connectivity index (χ1n) is 19.3. The average molecular weight is 876 g/mol. The predicted octanol–water partition coefficient (Wildman–Crippen LogP) is 8.71. The maximum atomic E-state index is 13.4. The lowest BCUT2D eigenvalue weighted by molar-refractivity contribution is 0.0279. The Kier molecular flexibility index (Phi) is 13.4. The third-order valence-electron chi connectivity index (χ3n) is 10.7. The van der Waals surface area contributed by atoms with Gasteiger partial charge in [0.15, 0.2) is 11.4 Å². The van der Waals surface area contributed by atoms with Crippen LogP contribution >= 0.6 is 46.4 Å². The summed E-state index contributed by atoms with van der Waals surface area (Å²) in [6, 6.07) is 14.1. The summed E-state index contributed by atoms with van der Waals surface area (Å²) in [7, 11) is 0. The number of halogens is 4. The molecule has 18 heteroatoms. The molecule has 4 aromatic rings. The lowest BCUT2D eigenvalue weighted by Crippen LogP contribution is -2.52.